The molecule has 6 nitrogen and oxygen atoms in total. The summed E-state index contributed by atoms with van der Waals surface area (Å²) in [5.41, 5.74) is 0.536. The van der Waals surface area contributed by atoms with Crippen LogP contribution in [0.5, 0.6) is 0 Å². The van der Waals surface area contributed by atoms with Crippen molar-refractivity contribution in [2.75, 3.05) is 44.6 Å². The van der Waals surface area contributed by atoms with Gasteiger partial charge in [0, 0.05) is 42.9 Å². The van der Waals surface area contributed by atoms with Gasteiger partial charge in [0.15, 0.2) is 0 Å². The minimum atomic E-state index is -3.71. The van der Waals surface area contributed by atoms with Gasteiger partial charge in [0.25, 0.3) is 15.9 Å². The number of sulfonamides is 1. The number of benzene rings is 2. The van der Waals surface area contributed by atoms with Crippen LogP contribution in [0.1, 0.15) is 9.67 Å². The third kappa shape index (κ3) is 4.05. The Balaban J connectivity index is 1.60. The van der Waals surface area contributed by atoms with Gasteiger partial charge in [0.1, 0.15) is 0 Å². The number of rotatable bonds is 4. The summed E-state index contributed by atoms with van der Waals surface area (Å²) >= 11 is 7.31. The van der Waals surface area contributed by atoms with Crippen molar-refractivity contribution in [3.8, 4) is 0 Å². The first-order valence-corrected chi connectivity index (χ1v) is 12.1. The van der Waals surface area contributed by atoms with Crippen LogP contribution in [0.25, 0.3) is 10.1 Å². The molecule has 0 atom stereocenters. The molecule has 0 saturated carbocycles. The summed E-state index contributed by atoms with van der Waals surface area (Å²) in [6, 6.07) is 13.4. The van der Waals surface area contributed by atoms with E-state index < -0.39 is 10.0 Å². The van der Waals surface area contributed by atoms with Gasteiger partial charge < -0.3 is 9.80 Å². The molecular weight excluding hydrogens is 442 g/mol. The number of nitrogens with zero attached hydrogens (tertiary/aromatic N) is 3. The number of likely N-dealkylation sites (N-methyl/N-ethyl adjacent to an activating group) is 1. The number of anilines is 1. The summed E-state index contributed by atoms with van der Waals surface area (Å²) in [6.45, 7) is 3.18. The second kappa shape index (κ2) is 8.19. The van der Waals surface area contributed by atoms with Crippen molar-refractivity contribution in [2.45, 2.75) is 4.90 Å². The third-order valence-corrected chi connectivity index (χ3v) is 8.49. The van der Waals surface area contributed by atoms with Crippen LogP contribution in [-0.4, -0.2) is 64.4 Å². The normalized spacial score (nSPS) is 15.5. The highest BCUT2D eigenvalue weighted by atomic mass is 35.5. The van der Waals surface area contributed by atoms with Crippen molar-refractivity contribution >= 4 is 54.6 Å². The zero-order valence-electron chi connectivity index (χ0n) is 16.7. The van der Waals surface area contributed by atoms with Crippen molar-refractivity contribution < 1.29 is 13.2 Å². The molecule has 0 N–H and O–H groups in total. The van der Waals surface area contributed by atoms with Crippen molar-refractivity contribution in [1.29, 1.82) is 0 Å². The monoisotopic (exact) mass is 463 g/mol. The molecule has 1 saturated heterocycles. The van der Waals surface area contributed by atoms with Gasteiger partial charge in [-0.2, -0.15) is 0 Å². The average Bonchev–Trinajstić information content (AvgIpc) is 3.17. The Kier molecular flexibility index (Phi) is 5.76. The van der Waals surface area contributed by atoms with Crippen LogP contribution < -0.4 is 4.31 Å². The first-order chi connectivity index (χ1) is 14.3. The zero-order chi connectivity index (χ0) is 21.5. The molecule has 4 rings (SSSR count). The quantitative estimate of drug-likeness (QED) is 0.591. The highest BCUT2D eigenvalue weighted by molar-refractivity contribution is 7.92. The smallest absolute Gasteiger partial charge is 0.264 e. The van der Waals surface area contributed by atoms with Crippen LogP contribution in [0.3, 0.4) is 0 Å². The largest absolute Gasteiger partial charge is 0.335 e. The van der Waals surface area contributed by atoms with Crippen LogP contribution in [0, 0.1) is 0 Å². The second-order valence-electron chi connectivity index (χ2n) is 7.35. The SMILES string of the molecule is CN1CCN(C(=O)c2cc3cc(N(C)S(=O)(=O)c4ccc(Cl)cc4)ccc3s2)CC1. The number of fused-ring (bicyclic) bond motifs is 1. The van der Waals surface area contributed by atoms with E-state index in [0.29, 0.717) is 15.6 Å². The molecule has 3 aromatic rings. The zero-order valence-corrected chi connectivity index (χ0v) is 19.1. The second-order valence-corrected chi connectivity index (χ2v) is 10.8. The topological polar surface area (TPSA) is 60.9 Å². The summed E-state index contributed by atoms with van der Waals surface area (Å²) in [5.74, 6) is 0.0352. The molecule has 0 spiro atoms. The lowest BCUT2D eigenvalue weighted by molar-refractivity contribution is 0.0669. The molecule has 158 valence electrons. The van der Waals surface area contributed by atoms with Gasteiger partial charge >= 0.3 is 0 Å². The van der Waals surface area contributed by atoms with Crippen LogP contribution in [0.4, 0.5) is 5.69 Å². The predicted molar refractivity (Wildman–Crippen MR) is 122 cm³/mol. The number of thiophene rings is 1. The number of hydrogen-bond acceptors (Lipinski definition) is 5. The molecule has 2 heterocycles. The Hall–Kier alpha value is -2.13. The Labute approximate surface area is 185 Å². The number of amides is 1. The summed E-state index contributed by atoms with van der Waals surface area (Å²) in [7, 11) is -0.137. The Morgan fingerprint density at radius 3 is 2.37 bits per heavy atom. The Morgan fingerprint density at radius 1 is 1.03 bits per heavy atom. The molecule has 30 heavy (non-hydrogen) atoms. The summed E-state index contributed by atoms with van der Waals surface area (Å²) in [6.07, 6.45) is 0. The van der Waals surface area contributed by atoms with Gasteiger partial charge in [-0.25, -0.2) is 8.42 Å². The number of piperazine rings is 1. The van der Waals surface area contributed by atoms with E-state index in [2.05, 4.69) is 11.9 Å². The minimum absolute atomic E-state index is 0.0352. The molecule has 1 aliphatic heterocycles. The van der Waals surface area contributed by atoms with Gasteiger partial charge in [-0.3, -0.25) is 9.10 Å². The number of halogens is 1. The van der Waals surface area contributed by atoms with E-state index in [1.165, 1.54) is 34.8 Å². The fourth-order valence-corrected chi connectivity index (χ4v) is 5.73. The molecule has 1 fully saturated rings. The van der Waals surface area contributed by atoms with Gasteiger partial charge in [0.05, 0.1) is 15.5 Å². The van der Waals surface area contributed by atoms with Crippen molar-refractivity contribution in [1.82, 2.24) is 9.80 Å². The summed E-state index contributed by atoms with van der Waals surface area (Å²) in [4.78, 5) is 17.8. The van der Waals surface area contributed by atoms with Crippen LogP contribution in [-0.2, 0) is 10.0 Å². The number of carbonyl (C=O) groups excluding carboxylic acids is 1. The van der Waals surface area contributed by atoms with Crippen LogP contribution in [0.2, 0.25) is 5.02 Å². The van der Waals surface area contributed by atoms with E-state index in [1.54, 1.807) is 24.3 Å². The predicted octanol–water partition coefficient (Wildman–Crippen LogP) is 3.77. The standard InChI is InChI=1S/C21H22ClN3O3S2/c1-23-9-11-25(12-10-23)21(26)20-14-15-13-17(5-8-19(15)29-20)24(2)30(27,28)18-6-3-16(22)4-7-18/h3-8,13-14H,9-12H2,1-2H3. The number of hydrogen-bond donors (Lipinski definition) is 0. The van der Waals surface area contributed by atoms with Crippen molar-refractivity contribution in [2.24, 2.45) is 0 Å². The lowest BCUT2D eigenvalue weighted by Gasteiger charge is -2.32. The Morgan fingerprint density at radius 2 is 1.70 bits per heavy atom. The third-order valence-electron chi connectivity index (χ3n) is 5.34. The van der Waals surface area contributed by atoms with E-state index in [1.807, 2.05) is 17.0 Å². The molecule has 1 aromatic heterocycles. The van der Waals surface area contributed by atoms with E-state index in [9.17, 15) is 13.2 Å². The van der Waals surface area contributed by atoms with Crippen molar-refractivity contribution in [3.63, 3.8) is 0 Å². The summed E-state index contributed by atoms with van der Waals surface area (Å²) < 4.78 is 28.1. The minimum Gasteiger partial charge on any atom is -0.335 e. The fraction of sp³-hybridized carbons (Fsp3) is 0.286. The molecule has 0 bridgehead atoms. The van der Waals surface area contributed by atoms with Gasteiger partial charge in [-0.05, 0) is 61.0 Å². The van der Waals surface area contributed by atoms with Gasteiger partial charge in [0.2, 0.25) is 0 Å². The maximum Gasteiger partial charge on any atom is 0.264 e. The molecule has 1 amide bonds. The first kappa shape index (κ1) is 21.1. The van der Waals surface area contributed by atoms with Gasteiger partial charge in [-0.15, -0.1) is 11.3 Å². The Bertz CT molecular complexity index is 1180. The number of carbonyl (C=O) groups is 1. The first-order valence-electron chi connectivity index (χ1n) is 9.51. The van der Waals surface area contributed by atoms with E-state index >= 15 is 0 Å². The van der Waals surface area contributed by atoms with Crippen LogP contribution in [0.15, 0.2) is 53.4 Å². The maximum absolute atomic E-state index is 12.9. The van der Waals surface area contributed by atoms with Gasteiger partial charge in [-0.1, -0.05) is 11.6 Å². The lowest BCUT2D eigenvalue weighted by atomic mass is 10.2. The molecule has 0 radical (unpaired) electrons. The average molecular weight is 464 g/mol. The molecule has 0 aliphatic carbocycles. The van der Waals surface area contributed by atoms with E-state index in [0.717, 1.165) is 36.3 Å². The maximum atomic E-state index is 12.9. The molecule has 1 aliphatic rings. The van der Waals surface area contributed by atoms with Crippen LogP contribution >= 0.6 is 22.9 Å². The fourth-order valence-electron chi connectivity index (χ4n) is 3.40. The highest BCUT2D eigenvalue weighted by Crippen LogP contribution is 2.32. The van der Waals surface area contributed by atoms with Crippen molar-refractivity contribution in [3.05, 3.63) is 58.4 Å². The molecule has 0 unspecified atom stereocenters. The summed E-state index contributed by atoms with van der Waals surface area (Å²) in [5, 5.41) is 1.34. The van der Waals surface area contributed by atoms with E-state index in [4.69, 9.17) is 11.6 Å². The molecule has 2 aromatic carbocycles. The highest BCUT2D eigenvalue weighted by Gasteiger charge is 2.24. The lowest BCUT2D eigenvalue weighted by Crippen LogP contribution is -2.46. The molecule has 9 heteroatoms. The van der Waals surface area contributed by atoms with E-state index in [-0.39, 0.29) is 10.8 Å². The molecular formula is C21H22ClN3O3S2.